The van der Waals surface area contributed by atoms with Crippen molar-refractivity contribution in [3.8, 4) is 11.5 Å². The summed E-state index contributed by atoms with van der Waals surface area (Å²) in [5.74, 6) is 0.261. The summed E-state index contributed by atoms with van der Waals surface area (Å²) < 4.78 is 33.5. The standard InChI is InChI=1S/C18H17N3O4S/c22-17-10-8-15(19-20-17)16-9-11-18(25-16)26(23,24)21-14-7-3-5-12-4-1-2-6-13(12)14/h3,5,7-11,21H,1-2,4,6H2,(H,20,22). The molecule has 8 heteroatoms. The molecule has 0 saturated carbocycles. The molecule has 0 radical (unpaired) electrons. The predicted octanol–water partition coefficient (Wildman–Crippen LogP) is 2.71. The summed E-state index contributed by atoms with van der Waals surface area (Å²) in [6, 6.07) is 11.3. The number of H-pyrrole nitrogens is 1. The molecule has 0 atom stereocenters. The van der Waals surface area contributed by atoms with Crippen LogP contribution in [0.2, 0.25) is 0 Å². The molecule has 2 N–H and O–H groups in total. The third-order valence-electron chi connectivity index (χ3n) is 4.42. The first kappa shape index (κ1) is 16.6. The van der Waals surface area contributed by atoms with Crippen molar-refractivity contribution in [2.75, 3.05) is 4.72 Å². The van der Waals surface area contributed by atoms with Gasteiger partial charge in [-0.15, -0.1) is 0 Å². The van der Waals surface area contributed by atoms with E-state index in [1.54, 1.807) is 6.07 Å². The van der Waals surface area contributed by atoms with Gasteiger partial charge < -0.3 is 4.42 Å². The molecular weight excluding hydrogens is 354 g/mol. The number of sulfonamides is 1. The van der Waals surface area contributed by atoms with Gasteiger partial charge in [-0.2, -0.15) is 13.5 Å². The van der Waals surface area contributed by atoms with Crippen LogP contribution in [0.15, 0.2) is 56.8 Å². The topological polar surface area (TPSA) is 105 Å². The Kier molecular flexibility index (Phi) is 4.12. The number of anilines is 1. The van der Waals surface area contributed by atoms with Crippen molar-refractivity contribution in [3.63, 3.8) is 0 Å². The lowest BCUT2D eigenvalue weighted by Gasteiger charge is -2.19. The van der Waals surface area contributed by atoms with Gasteiger partial charge in [0.15, 0.2) is 5.76 Å². The fourth-order valence-electron chi connectivity index (χ4n) is 3.16. The molecule has 3 aromatic rings. The van der Waals surface area contributed by atoms with Gasteiger partial charge in [0.05, 0.1) is 5.69 Å². The van der Waals surface area contributed by atoms with Crippen LogP contribution < -0.4 is 10.3 Å². The number of rotatable bonds is 4. The van der Waals surface area contributed by atoms with E-state index in [-0.39, 0.29) is 16.4 Å². The van der Waals surface area contributed by atoms with Crippen LogP contribution in [0, 0.1) is 0 Å². The van der Waals surface area contributed by atoms with Crippen LogP contribution in [0.4, 0.5) is 5.69 Å². The molecule has 0 fully saturated rings. The van der Waals surface area contributed by atoms with Crippen LogP contribution in [-0.4, -0.2) is 18.6 Å². The number of aryl methyl sites for hydroxylation is 1. The van der Waals surface area contributed by atoms with Gasteiger partial charge in [0.25, 0.3) is 15.6 Å². The van der Waals surface area contributed by atoms with E-state index in [0.717, 1.165) is 31.2 Å². The average molecular weight is 371 g/mol. The number of furan rings is 1. The number of hydrogen-bond acceptors (Lipinski definition) is 5. The molecule has 4 rings (SSSR count). The molecule has 2 aromatic heterocycles. The maximum atomic E-state index is 12.7. The third kappa shape index (κ3) is 3.15. The van der Waals surface area contributed by atoms with Crippen molar-refractivity contribution in [2.24, 2.45) is 0 Å². The monoisotopic (exact) mass is 371 g/mol. The van der Waals surface area contributed by atoms with Gasteiger partial charge in [-0.05, 0) is 61.1 Å². The highest BCUT2D eigenvalue weighted by Gasteiger charge is 2.22. The molecule has 7 nitrogen and oxygen atoms in total. The minimum absolute atomic E-state index is 0.200. The smallest absolute Gasteiger partial charge is 0.295 e. The van der Waals surface area contributed by atoms with Crippen molar-refractivity contribution >= 4 is 15.7 Å². The molecule has 1 aliphatic carbocycles. The highest BCUT2D eigenvalue weighted by molar-refractivity contribution is 7.92. The van der Waals surface area contributed by atoms with E-state index in [4.69, 9.17) is 4.42 Å². The van der Waals surface area contributed by atoms with Crippen LogP contribution >= 0.6 is 0 Å². The summed E-state index contributed by atoms with van der Waals surface area (Å²) in [5, 5.41) is 5.93. The Balaban J connectivity index is 1.64. The van der Waals surface area contributed by atoms with Gasteiger partial charge in [-0.3, -0.25) is 9.52 Å². The van der Waals surface area contributed by atoms with E-state index in [1.807, 2.05) is 12.1 Å². The van der Waals surface area contributed by atoms with Crippen LogP contribution in [0.5, 0.6) is 0 Å². The van der Waals surface area contributed by atoms with Gasteiger partial charge in [0.2, 0.25) is 5.09 Å². The molecule has 26 heavy (non-hydrogen) atoms. The number of fused-ring (bicyclic) bond motifs is 1. The number of nitrogens with zero attached hydrogens (tertiary/aromatic N) is 1. The molecule has 0 amide bonds. The van der Waals surface area contributed by atoms with Crippen molar-refractivity contribution in [3.05, 3.63) is 63.9 Å². The molecule has 0 spiro atoms. The van der Waals surface area contributed by atoms with E-state index < -0.39 is 10.0 Å². The van der Waals surface area contributed by atoms with E-state index >= 15 is 0 Å². The van der Waals surface area contributed by atoms with Crippen molar-refractivity contribution in [2.45, 2.75) is 30.8 Å². The molecule has 0 unspecified atom stereocenters. The van der Waals surface area contributed by atoms with Crippen LogP contribution in [-0.2, 0) is 22.9 Å². The van der Waals surface area contributed by atoms with E-state index in [9.17, 15) is 13.2 Å². The zero-order chi connectivity index (χ0) is 18.1. The van der Waals surface area contributed by atoms with Gasteiger partial charge in [-0.25, -0.2) is 5.10 Å². The van der Waals surface area contributed by atoms with Crippen LogP contribution in [0.3, 0.4) is 0 Å². The summed E-state index contributed by atoms with van der Waals surface area (Å²) in [7, 11) is -3.86. The van der Waals surface area contributed by atoms with Gasteiger partial charge in [0, 0.05) is 6.07 Å². The van der Waals surface area contributed by atoms with Crippen molar-refractivity contribution in [1.82, 2.24) is 10.2 Å². The Bertz CT molecular complexity index is 1090. The first-order valence-electron chi connectivity index (χ1n) is 8.32. The maximum Gasteiger partial charge on any atom is 0.295 e. The fraction of sp³-hybridized carbons (Fsp3) is 0.222. The maximum absolute atomic E-state index is 12.7. The van der Waals surface area contributed by atoms with Crippen LogP contribution in [0.1, 0.15) is 24.0 Å². The molecular formula is C18H17N3O4S. The second-order valence-corrected chi connectivity index (χ2v) is 7.79. The van der Waals surface area contributed by atoms with Gasteiger partial charge >= 0.3 is 0 Å². The summed E-state index contributed by atoms with van der Waals surface area (Å²) >= 11 is 0. The second kappa shape index (κ2) is 6.45. The summed E-state index contributed by atoms with van der Waals surface area (Å²) in [6.45, 7) is 0. The van der Waals surface area contributed by atoms with E-state index in [0.29, 0.717) is 11.4 Å². The Morgan fingerprint density at radius 2 is 1.88 bits per heavy atom. The quantitative estimate of drug-likeness (QED) is 0.734. The van der Waals surface area contributed by atoms with Gasteiger partial charge in [-0.1, -0.05) is 12.1 Å². The Hall–Kier alpha value is -2.87. The number of hydrogen-bond donors (Lipinski definition) is 2. The predicted molar refractivity (Wildman–Crippen MR) is 96.5 cm³/mol. The molecule has 0 bridgehead atoms. The minimum Gasteiger partial charge on any atom is -0.441 e. The van der Waals surface area contributed by atoms with Gasteiger partial charge in [0.1, 0.15) is 5.69 Å². The largest absolute Gasteiger partial charge is 0.441 e. The molecule has 134 valence electrons. The molecule has 1 aromatic carbocycles. The second-order valence-electron chi connectivity index (χ2n) is 6.18. The normalized spacial score (nSPS) is 14.0. The third-order valence-corrected chi connectivity index (χ3v) is 5.66. The highest BCUT2D eigenvalue weighted by atomic mass is 32.2. The fourth-order valence-corrected chi connectivity index (χ4v) is 4.18. The number of benzene rings is 1. The minimum atomic E-state index is -3.86. The van der Waals surface area contributed by atoms with Crippen molar-refractivity contribution < 1.29 is 12.8 Å². The summed E-state index contributed by atoms with van der Waals surface area (Å²) in [6.07, 6.45) is 4.00. The molecule has 0 saturated heterocycles. The zero-order valence-electron chi connectivity index (χ0n) is 13.9. The van der Waals surface area contributed by atoms with Crippen molar-refractivity contribution in [1.29, 1.82) is 0 Å². The SMILES string of the molecule is O=c1ccc(-c2ccc(S(=O)(=O)Nc3cccc4c3CCCC4)o2)n[nH]1. The van der Waals surface area contributed by atoms with Crippen LogP contribution in [0.25, 0.3) is 11.5 Å². The summed E-state index contributed by atoms with van der Waals surface area (Å²) in [4.78, 5) is 11.1. The Labute approximate surface area is 150 Å². The average Bonchev–Trinajstić information content (AvgIpc) is 3.14. The molecule has 2 heterocycles. The van der Waals surface area contributed by atoms with E-state index in [2.05, 4.69) is 14.9 Å². The number of aromatic amines is 1. The van der Waals surface area contributed by atoms with E-state index in [1.165, 1.54) is 29.8 Å². The lowest BCUT2D eigenvalue weighted by molar-refractivity contribution is 0.461. The molecule has 0 aliphatic heterocycles. The first-order valence-corrected chi connectivity index (χ1v) is 9.81. The number of aromatic nitrogens is 2. The zero-order valence-corrected chi connectivity index (χ0v) is 14.7. The first-order chi connectivity index (χ1) is 12.5. The number of nitrogens with one attached hydrogen (secondary N) is 2. The highest BCUT2D eigenvalue weighted by Crippen LogP contribution is 2.30. The Morgan fingerprint density at radius 3 is 2.69 bits per heavy atom. The lowest BCUT2D eigenvalue weighted by atomic mass is 9.91. The molecule has 1 aliphatic rings. The Morgan fingerprint density at radius 1 is 1.04 bits per heavy atom. The lowest BCUT2D eigenvalue weighted by Crippen LogP contribution is -2.15. The summed E-state index contributed by atoms with van der Waals surface area (Å²) in [5.41, 5.74) is 2.85.